The van der Waals surface area contributed by atoms with Crippen molar-refractivity contribution in [2.24, 2.45) is 11.8 Å². The summed E-state index contributed by atoms with van der Waals surface area (Å²) in [7, 11) is 0. The first-order valence-electron chi connectivity index (χ1n) is 7.98. The molecule has 106 valence electrons. The number of benzene rings is 1. The molecule has 1 saturated carbocycles. The summed E-state index contributed by atoms with van der Waals surface area (Å²) in [6, 6.07) is 9.52. The van der Waals surface area contributed by atoms with Gasteiger partial charge < -0.3 is 0 Å². The first-order valence-corrected chi connectivity index (χ1v) is 8.86. The van der Waals surface area contributed by atoms with E-state index in [9.17, 15) is 5.26 Å². The number of rotatable bonds is 3. The van der Waals surface area contributed by atoms with Gasteiger partial charge in [-0.1, -0.05) is 19.4 Å². The van der Waals surface area contributed by atoms with Crippen molar-refractivity contribution in [2.75, 3.05) is 0 Å². The maximum absolute atomic E-state index is 9.39. The van der Waals surface area contributed by atoms with E-state index in [1.54, 1.807) is 11.1 Å². The van der Waals surface area contributed by atoms with Gasteiger partial charge in [0.1, 0.15) is 0 Å². The molecule has 3 rings (SSSR count). The SMILES string of the molecule is CCC1CCC(C#N)C(Sc2ccc3c(c2)CCC3)C1. The third-order valence-electron chi connectivity index (χ3n) is 5.00. The minimum Gasteiger partial charge on any atom is -0.198 e. The average molecular weight is 285 g/mol. The van der Waals surface area contributed by atoms with E-state index in [1.165, 1.54) is 43.4 Å². The normalized spacial score (nSPS) is 28.9. The lowest BCUT2D eigenvalue weighted by Gasteiger charge is -2.31. The Kier molecular flexibility index (Phi) is 4.36. The summed E-state index contributed by atoms with van der Waals surface area (Å²) in [5.74, 6) is 1.07. The Morgan fingerprint density at radius 1 is 1.25 bits per heavy atom. The van der Waals surface area contributed by atoms with Gasteiger partial charge in [0, 0.05) is 10.1 Å². The molecular weight excluding hydrogens is 262 g/mol. The lowest BCUT2D eigenvalue weighted by atomic mass is 9.81. The van der Waals surface area contributed by atoms with Crippen LogP contribution in [0.4, 0.5) is 0 Å². The van der Waals surface area contributed by atoms with Crippen LogP contribution in [0.15, 0.2) is 23.1 Å². The van der Waals surface area contributed by atoms with Crippen molar-refractivity contribution in [1.82, 2.24) is 0 Å². The van der Waals surface area contributed by atoms with Gasteiger partial charge in [-0.25, -0.2) is 0 Å². The van der Waals surface area contributed by atoms with Crippen LogP contribution in [0.3, 0.4) is 0 Å². The van der Waals surface area contributed by atoms with Gasteiger partial charge in [0.2, 0.25) is 0 Å². The number of aryl methyl sites for hydroxylation is 2. The van der Waals surface area contributed by atoms with Crippen LogP contribution >= 0.6 is 11.8 Å². The summed E-state index contributed by atoms with van der Waals surface area (Å²) in [6.07, 6.45) is 8.63. The smallest absolute Gasteiger partial charge is 0.0667 e. The summed E-state index contributed by atoms with van der Waals surface area (Å²) in [5, 5.41) is 9.89. The van der Waals surface area contributed by atoms with E-state index in [0.717, 1.165) is 12.3 Å². The third-order valence-corrected chi connectivity index (χ3v) is 6.35. The van der Waals surface area contributed by atoms with E-state index in [-0.39, 0.29) is 5.92 Å². The first-order chi connectivity index (χ1) is 9.80. The molecule has 1 nitrogen and oxygen atoms in total. The molecule has 2 heteroatoms. The summed E-state index contributed by atoms with van der Waals surface area (Å²) >= 11 is 1.96. The monoisotopic (exact) mass is 285 g/mol. The van der Waals surface area contributed by atoms with Crippen LogP contribution in [-0.4, -0.2) is 5.25 Å². The van der Waals surface area contributed by atoms with E-state index in [0.29, 0.717) is 5.25 Å². The molecule has 2 aliphatic carbocycles. The predicted octanol–water partition coefficient (Wildman–Crippen LogP) is 4.99. The third kappa shape index (κ3) is 2.88. The zero-order chi connectivity index (χ0) is 13.9. The Morgan fingerprint density at radius 2 is 2.10 bits per heavy atom. The van der Waals surface area contributed by atoms with Crippen molar-refractivity contribution in [3.05, 3.63) is 29.3 Å². The standard InChI is InChI=1S/C18H23NS/c1-2-13-6-7-16(12-19)18(10-13)20-17-9-8-14-4-3-5-15(14)11-17/h8-9,11,13,16,18H,2-7,10H2,1H3. The largest absolute Gasteiger partial charge is 0.198 e. The molecule has 3 atom stereocenters. The molecule has 0 aliphatic heterocycles. The summed E-state index contributed by atoms with van der Waals surface area (Å²) < 4.78 is 0. The van der Waals surface area contributed by atoms with E-state index in [4.69, 9.17) is 0 Å². The van der Waals surface area contributed by atoms with E-state index < -0.39 is 0 Å². The van der Waals surface area contributed by atoms with Gasteiger partial charge in [-0.2, -0.15) is 5.26 Å². The molecular formula is C18H23NS. The highest BCUT2D eigenvalue weighted by molar-refractivity contribution is 8.00. The highest BCUT2D eigenvalue weighted by atomic mass is 32.2. The zero-order valence-electron chi connectivity index (χ0n) is 12.3. The van der Waals surface area contributed by atoms with Gasteiger partial charge >= 0.3 is 0 Å². The van der Waals surface area contributed by atoms with Crippen molar-refractivity contribution in [2.45, 2.75) is 62.0 Å². The van der Waals surface area contributed by atoms with Crippen molar-refractivity contribution in [1.29, 1.82) is 5.26 Å². The fourth-order valence-corrected chi connectivity index (χ4v) is 5.09. The minimum absolute atomic E-state index is 0.246. The van der Waals surface area contributed by atoms with Crippen LogP contribution in [0.5, 0.6) is 0 Å². The van der Waals surface area contributed by atoms with Crippen molar-refractivity contribution in [3.8, 4) is 6.07 Å². The quantitative estimate of drug-likeness (QED) is 0.781. The van der Waals surface area contributed by atoms with E-state index in [1.807, 2.05) is 11.8 Å². The number of hydrogen-bond acceptors (Lipinski definition) is 2. The topological polar surface area (TPSA) is 23.8 Å². The predicted molar refractivity (Wildman–Crippen MR) is 84.8 cm³/mol. The van der Waals surface area contributed by atoms with Crippen LogP contribution < -0.4 is 0 Å². The van der Waals surface area contributed by atoms with Crippen molar-refractivity contribution < 1.29 is 0 Å². The van der Waals surface area contributed by atoms with Crippen LogP contribution in [0.25, 0.3) is 0 Å². The maximum atomic E-state index is 9.39. The summed E-state index contributed by atoms with van der Waals surface area (Å²) in [6.45, 7) is 2.29. The molecule has 0 spiro atoms. The Labute approximate surface area is 126 Å². The fourth-order valence-electron chi connectivity index (χ4n) is 3.66. The van der Waals surface area contributed by atoms with Gasteiger partial charge in [-0.05, 0) is 67.7 Å². The average Bonchev–Trinajstić information content (AvgIpc) is 2.94. The Hall–Kier alpha value is -0.940. The zero-order valence-corrected chi connectivity index (χ0v) is 13.1. The molecule has 1 fully saturated rings. The van der Waals surface area contributed by atoms with Crippen LogP contribution in [0.2, 0.25) is 0 Å². The second-order valence-corrected chi connectivity index (χ2v) is 7.58. The van der Waals surface area contributed by atoms with Crippen molar-refractivity contribution in [3.63, 3.8) is 0 Å². The molecule has 0 amide bonds. The molecule has 0 N–H and O–H groups in total. The van der Waals surface area contributed by atoms with Crippen LogP contribution in [0.1, 0.15) is 50.2 Å². The number of thioether (sulfide) groups is 1. The molecule has 20 heavy (non-hydrogen) atoms. The lowest BCUT2D eigenvalue weighted by Crippen LogP contribution is -2.25. The highest BCUT2D eigenvalue weighted by Crippen LogP contribution is 2.41. The molecule has 0 aromatic heterocycles. The number of fused-ring (bicyclic) bond motifs is 1. The Bertz CT molecular complexity index is 517. The number of nitrogens with zero attached hydrogens (tertiary/aromatic N) is 1. The molecule has 1 aromatic carbocycles. The maximum Gasteiger partial charge on any atom is 0.0667 e. The molecule has 0 bridgehead atoms. The Morgan fingerprint density at radius 3 is 2.90 bits per heavy atom. The van der Waals surface area contributed by atoms with Gasteiger partial charge in [-0.15, -0.1) is 11.8 Å². The van der Waals surface area contributed by atoms with Crippen LogP contribution in [-0.2, 0) is 12.8 Å². The van der Waals surface area contributed by atoms with Gasteiger partial charge in [0.15, 0.2) is 0 Å². The minimum atomic E-state index is 0.246. The molecule has 0 saturated heterocycles. The van der Waals surface area contributed by atoms with Crippen LogP contribution in [0, 0.1) is 23.2 Å². The first kappa shape index (κ1) is 14.0. The van der Waals surface area contributed by atoms with Gasteiger partial charge in [-0.3, -0.25) is 0 Å². The van der Waals surface area contributed by atoms with Gasteiger partial charge in [0.25, 0.3) is 0 Å². The summed E-state index contributed by atoms with van der Waals surface area (Å²) in [5.41, 5.74) is 3.09. The number of hydrogen-bond donors (Lipinski definition) is 0. The molecule has 1 aromatic rings. The molecule has 2 aliphatic rings. The fraction of sp³-hybridized carbons (Fsp3) is 0.611. The highest BCUT2D eigenvalue weighted by Gasteiger charge is 2.30. The van der Waals surface area contributed by atoms with E-state index >= 15 is 0 Å². The Balaban J connectivity index is 1.73. The van der Waals surface area contributed by atoms with Gasteiger partial charge in [0.05, 0.1) is 12.0 Å². The van der Waals surface area contributed by atoms with Crippen molar-refractivity contribution >= 4 is 11.8 Å². The summed E-state index contributed by atoms with van der Waals surface area (Å²) in [4.78, 5) is 1.38. The molecule has 0 radical (unpaired) electrons. The number of nitriles is 1. The van der Waals surface area contributed by atoms with E-state index in [2.05, 4.69) is 31.2 Å². The second kappa shape index (κ2) is 6.22. The molecule has 0 heterocycles. The molecule has 3 unspecified atom stereocenters. The lowest BCUT2D eigenvalue weighted by molar-refractivity contribution is 0.317. The second-order valence-electron chi connectivity index (χ2n) is 6.26.